The van der Waals surface area contributed by atoms with E-state index in [0.29, 0.717) is 6.42 Å². The van der Waals surface area contributed by atoms with Gasteiger partial charge in [-0.15, -0.1) is 0 Å². The monoisotopic (exact) mass is 270 g/mol. The fourth-order valence-corrected chi connectivity index (χ4v) is 2.30. The van der Waals surface area contributed by atoms with E-state index in [2.05, 4.69) is 22.2 Å². The van der Waals surface area contributed by atoms with Crippen LogP contribution in [0.1, 0.15) is 32.1 Å². The first kappa shape index (κ1) is 16.4. The Kier molecular flexibility index (Phi) is 8.79. The first-order valence-electron chi connectivity index (χ1n) is 7.60. The van der Waals surface area contributed by atoms with Gasteiger partial charge in [-0.1, -0.05) is 12.8 Å². The smallest absolute Gasteiger partial charge is 0.220 e. The first-order chi connectivity index (χ1) is 9.22. The van der Waals surface area contributed by atoms with Crippen LogP contribution in [-0.2, 0) is 4.79 Å². The molecule has 0 aromatic carbocycles. The van der Waals surface area contributed by atoms with Crippen molar-refractivity contribution < 1.29 is 4.79 Å². The van der Waals surface area contributed by atoms with Crippen molar-refractivity contribution >= 4 is 5.91 Å². The highest BCUT2D eigenvalue weighted by Crippen LogP contribution is 2.02. The SMILES string of the molecule is CN1CCN(CCNC(=O)CCCCCCN)CC1. The summed E-state index contributed by atoms with van der Waals surface area (Å²) in [5.41, 5.74) is 5.43. The van der Waals surface area contributed by atoms with E-state index in [1.54, 1.807) is 0 Å². The van der Waals surface area contributed by atoms with E-state index in [1.807, 2.05) is 0 Å². The van der Waals surface area contributed by atoms with E-state index < -0.39 is 0 Å². The lowest BCUT2D eigenvalue weighted by Crippen LogP contribution is -2.46. The minimum absolute atomic E-state index is 0.196. The van der Waals surface area contributed by atoms with Crippen molar-refractivity contribution in [3.05, 3.63) is 0 Å². The fourth-order valence-electron chi connectivity index (χ4n) is 2.30. The molecule has 1 aliphatic heterocycles. The van der Waals surface area contributed by atoms with Crippen LogP contribution in [0.3, 0.4) is 0 Å². The van der Waals surface area contributed by atoms with E-state index >= 15 is 0 Å². The van der Waals surface area contributed by atoms with E-state index in [4.69, 9.17) is 5.73 Å². The maximum Gasteiger partial charge on any atom is 0.220 e. The zero-order valence-corrected chi connectivity index (χ0v) is 12.4. The Morgan fingerprint density at radius 3 is 2.47 bits per heavy atom. The van der Waals surface area contributed by atoms with Gasteiger partial charge in [-0.3, -0.25) is 9.69 Å². The van der Waals surface area contributed by atoms with Gasteiger partial charge in [0.2, 0.25) is 5.91 Å². The molecule has 0 saturated carbocycles. The van der Waals surface area contributed by atoms with Crippen LogP contribution in [0, 0.1) is 0 Å². The molecule has 3 N–H and O–H groups in total. The van der Waals surface area contributed by atoms with E-state index in [1.165, 1.54) is 0 Å². The number of carbonyl (C=O) groups is 1. The molecule has 0 radical (unpaired) electrons. The number of nitrogens with two attached hydrogens (primary N) is 1. The van der Waals surface area contributed by atoms with Crippen LogP contribution in [-0.4, -0.2) is 68.6 Å². The molecule has 0 aromatic rings. The molecule has 0 spiro atoms. The quantitative estimate of drug-likeness (QED) is 0.590. The third-order valence-electron chi connectivity index (χ3n) is 3.70. The lowest BCUT2D eigenvalue weighted by Gasteiger charge is -2.32. The maximum absolute atomic E-state index is 11.6. The summed E-state index contributed by atoms with van der Waals surface area (Å²) in [6.45, 7) is 7.02. The Hall–Kier alpha value is -0.650. The van der Waals surface area contributed by atoms with Crippen LogP contribution in [0.2, 0.25) is 0 Å². The highest BCUT2D eigenvalue weighted by atomic mass is 16.1. The van der Waals surface area contributed by atoms with Gasteiger partial charge in [0.05, 0.1) is 0 Å². The van der Waals surface area contributed by atoms with E-state index in [9.17, 15) is 4.79 Å². The van der Waals surface area contributed by atoms with E-state index in [0.717, 1.165) is 71.5 Å². The molecule has 19 heavy (non-hydrogen) atoms. The minimum atomic E-state index is 0.196. The summed E-state index contributed by atoms with van der Waals surface area (Å²) < 4.78 is 0. The summed E-state index contributed by atoms with van der Waals surface area (Å²) in [6.07, 6.45) is 4.98. The van der Waals surface area contributed by atoms with Crippen LogP contribution < -0.4 is 11.1 Å². The molecule has 1 fully saturated rings. The molecular weight excluding hydrogens is 240 g/mol. The van der Waals surface area contributed by atoms with Crippen LogP contribution >= 0.6 is 0 Å². The van der Waals surface area contributed by atoms with Crippen molar-refractivity contribution in [3.8, 4) is 0 Å². The second-order valence-corrected chi connectivity index (χ2v) is 5.45. The summed E-state index contributed by atoms with van der Waals surface area (Å²) in [4.78, 5) is 16.4. The third-order valence-corrected chi connectivity index (χ3v) is 3.70. The number of nitrogens with zero attached hydrogens (tertiary/aromatic N) is 2. The van der Waals surface area contributed by atoms with Crippen LogP contribution in [0.25, 0.3) is 0 Å². The molecule has 112 valence electrons. The molecule has 1 heterocycles. The molecule has 5 nitrogen and oxygen atoms in total. The van der Waals surface area contributed by atoms with Gasteiger partial charge in [-0.05, 0) is 26.4 Å². The molecule has 0 aromatic heterocycles. The van der Waals surface area contributed by atoms with Gasteiger partial charge in [0, 0.05) is 45.7 Å². The Labute approximate surface area is 117 Å². The number of amides is 1. The van der Waals surface area contributed by atoms with Gasteiger partial charge in [0.1, 0.15) is 0 Å². The molecule has 0 aliphatic carbocycles. The van der Waals surface area contributed by atoms with Crippen molar-refractivity contribution in [1.29, 1.82) is 0 Å². The summed E-state index contributed by atoms with van der Waals surface area (Å²) in [5, 5.41) is 3.01. The molecule has 0 atom stereocenters. The Morgan fingerprint density at radius 2 is 1.79 bits per heavy atom. The molecule has 0 unspecified atom stereocenters. The molecule has 1 amide bonds. The number of rotatable bonds is 9. The van der Waals surface area contributed by atoms with Crippen LogP contribution in [0.5, 0.6) is 0 Å². The van der Waals surface area contributed by atoms with Gasteiger partial charge in [-0.25, -0.2) is 0 Å². The highest BCUT2D eigenvalue weighted by molar-refractivity contribution is 5.75. The lowest BCUT2D eigenvalue weighted by atomic mass is 10.1. The topological polar surface area (TPSA) is 61.6 Å². The van der Waals surface area contributed by atoms with Gasteiger partial charge in [-0.2, -0.15) is 0 Å². The Balaban J connectivity index is 1.92. The highest BCUT2D eigenvalue weighted by Gasteiger charge is 2.13. The van der Waals surface area contributed by atoms with Crippen LogP contribution in [0.4, 0.5) is 0 Å². The predicted octanol–water partition coefficient (Wildman–Crippen LogP) is 0.259. The fraction of sp³-hybridized carbons (Fsp3) is 0.929. The Morgan fingerprint density at radius 1 is 1.11 bits per heavy atom. The standard InChI is InChI=1S/C14H30N4O/c1-17-10-12-18(13-11-17)9-8-16-14(19)6-4-2-3-5-7-15/h2-13,15H2,1H3,(H,16,19). The number of nitrogens with one attached hydrogen (secondary N) is 1. The van der Waals surface area contributed by atoms with Crippen LogP contribution in [0.15, 0.2) is 0 Å². The van der Waals surface area contributed by atoms with Crippen molar-refractivity contribution in [1.82, 2.24) is 15.1 Å². The van der Waals surface area contributed by atoms with Gasteiger partial charge in [0.15, 0.2) is 0 Å². The molecule has 1 rings (SSSR count). The molecular formula is C14H30N4O. The number of likely N-dealkylation sites (N-methyl/N-ethyl adjacent to an activating group) is 1. The van der Waals surface area contributed by atoms with Crippen molar-refractivity contribution in [2.45, 2.75) is 32.1 Å². The molecule has 0 bridgehead atoms. The largest absolute Gasteiger partial charge is 0.355 e. The van der Waals surface area contributed by atoms with Gasteiger partial charge >= 0.3 is 0 Å². The molecule has 1 aliphatic rings. The lowest BCUT2D eigenvalue weighted by molar-refractivity contribution is -0.121. The summed E-state index contributed by atoms with van der Waals surface area (Å²) in [6, 6.07) is 0. The second-order valence-electron chi connectivity index (χ2n) is 5.45. The van der Waals surface area contributed by atoms with E-state index in [-0.39, 0.29) is 5.91 Å². The molecule has 1 saturated heterocycles. The Bertz CT molecular complexity index is 240. The summed E-state index contributed by atoms with van der Waals surface area (Å²) >= 11 is 0. The van der Waals surface area contributed by atoms with Gasteiger partial charge < -0.3 is 16.0 Å². The second kappa shape index (κ2) is 10.2. The normalized spacial score (nSPS) is 17.6. The summed E-state index contributed by atoms with van der Waals surface area (Å²) in [5.74, 6) is 0.196. The van der Waals surface area contributed by atoms with Crippen molar-refractivity contribution in [2.24, 2.45) is 5.73 Å². The van der Waals surface area contributed by atoms with Crippen molar-refractivity contribution in [2.75, 3.05) is 52.9 Å². The third kappa shape index (κ3) is 8.18. The minimum Gasteiger partial charge on any atom is -0.355 e. The zero-order chi connectivity index (χ0) is 13.9. The number of piperazine rings is 1. The summed E-state index contributed by atoms with van der Waals surface area (Å²) in [7, 11) is 2.16. The average molecular weight is 270 g/mol. The number of hydrogen-bond acceptors (Lipinski definition) is 4. The number of carbonyl (C=O) groups excluding carboxylic acids is 1. The predicted molar refractivity (Wildman–Crippen MR) is 79.1 cm³/mol. The first-order valence-corrected chi connectivity index (χ1v) is 7.60. The van der Waals surface area contributed by atoms with Crippen molar-refractivity contribution in [3.63, 3.8) is 0 Å². The zero-order valence-electron chi connectivity index (χ0n) is 12.4. The average Bonchev–Trinajstić information content (AvgIpc) is 2.41. The molecule has 5 heteroatoms. The van der Waals surface area contributed by atoms with Gasteiger partial charge in [0.25, 0.3) is 0 Å². The maximum atomic E-state index is 11.6. The number of unbranched alkanes of at least 4 members (excludes halogenated alkanes) is 3. The number of hydrogen-bond donors (Lipinski definition) is 2.